The lowest BCUT2D eigenvalue weighted by Gasteiger charge is -2.15. The van der Waals surface area contributed by atoms with Gasteiger partial charge in [0.25, 0.3) is 11.8 Å². The molecule has 3 rings (SSSR count). The fourth-order valence-electron chi connectivity index (χ4n) is 3.61. The molecule has 0 aliphatic rings. The zero-order chi connectivity index (χ0) is 25.2. The summed E-state index contributed by atoms with van der Waals surface area (Å²) >= 11 is 0. The van der Waals surface area contributed by atoms with Crippen LogP contribution in [0.4, 0.5) is 0 Å². The minimum absolute atomic E-state index is 0.0661. The maximum absolute atomic E-state index is 13.1. The van der Waals surface area contributed by atoms with Gasteiger partial charge in [0.2, 0.25) is 5.43 Å². The van der Waals surface area contributed by atoms with E-state index in [1.165, 1.54) is 12.4 Å². The van der Waals surface area contributed by atoms with Gasteiger partial charge in [0.15, 0.2) is 0 Å². The van der Waals surface area contributed by atoms with E-state index in [1.807, 2.05) is 36.4 Å². The molecule has 0 bridgehead atoms. The van der Waals surface area contributed by atoms with Gasteiger partial charge in [0, 0.05) is 43.4 Å². The monoisotopic (exact) mass is 476 g/mol. The van der Waals surface area contributed by atoms with Crippen LogP contribution in [0.25, 0.3) is 0 Å². The molecule has 0 aliphatic heterocycles. The minimum Gasteiger partial charge on any atom is -0.496 e. The largest absolute Gasteiger partial charge is 0.496 e. The first kappa shape index (κ1) is 25.7. The molecule has 8 heteroatoms. The smallest absolute Gasteiger partial charge is 0.256 e. The molecule has 0 saturated heterocycles. The Hall–Kier alpha value is -3.94. The van der Waals surface area contributed by atoms with Crippen molar-refractivity contribution in [1.29, 1.82) is 0 Å². The Kier molecular flexibility index (Phi) is 9.17. The van der Waals surface area contributed by atoms with Crippen LogP contribution in [0.2, 0.25) is 0 Å². The Balaban J connectivity index is 1.86. The third-order valence-electron chi connectivity index (χ3n) is 5.54. The highest BCUT2D eigenvalue weighted by atomic mass is 16.5. The van der Waals surface area contributed by atoms with E-state index >= 15 is 0 Å². The quantitative estimate of drug-likeness (QED) is 0.443. The standard InChI is InChI=1S/C27H32N4O4/c1-19(2)10-13-29-26(33)22-17-31(16-21-8-4-5-9-24(21)35-3)18-23(25(22)32)27(34)30-14-11-20-7-6-12-28-15-20/h4-9,12,15,17-19H,10-11,13-14,16H2,1-3H3,(H,29,33)(H,30,34). The lowest BCUT2D eigenvalue weighted by molar-refractivity contribution is 0.0949. The Bertz CT molecular complexity index is 1210. The summed E-state index contributed by atoms with van der Waals surface area (Å²) in [5.41, 5.74) is 1.08. The number of amides is 2. The van der Waals surface area contributed by atoms with Crippen LogP contribution >= 0.6 is 0 Å². The predicted octanol–water partition coefficient (Wildman–Crippen LogP) is 3.05. The van der Waals surface area contributed by atoms with Gasteiger partial charge < -0.3 is 19.9 Å². The van der Waals surface area contributed by atoms with Crippen molar-refractivity contribution in [3.8, 4) is 5.75 Å². The number of carbonyl (C=O) groups excluding carboxylic acids is 2. The van der Waals surface area contributed by atoms with E-state index in [2.05, 4.69) is 29.5 Å². The van der Waals surface area contributed by atoms with Gasteiger partial charge in [0.1, 0.15) is 16.9 Å². The number of pyridine rings is 2. The number of aromatic nitrogens is 2. The zero-order valence-corrected chi connectivity index (χ0v) is 20.4. The highest BCUT2D eigenvalue weighted by Gasteiger charge is 2.20. The average Bonchev–Trinajstić information content (AvgIpc) is 2.85. The lowest BCUT2D eigenvalue weighted by Crippen LogP contribution is -2.36. The molecule has 0 unspecified atom stereocenters. The first-order chi connectivity index (χ1) is 16.9. The third kappa shape index (κ3) is 7.27. The van der Waals surface area contributed by atoms with Crippen LogP contribution in [0, 0.1) is 5.92 Å². The average molecular weight is 477 g/mol. The molecule has 2 N–H and O–H groups in total. The molecule has 184 valence electrons. The topological polar surface area (TPSA) is 102 Å². The molecule has 35 heavy (non-hydrogen) atoms. The summed E-state index contributed by atoms with van der Waals surface area (Å²) in [7, 11) is 1.58. The summed E-state index contributed by atoms with van der Waals surface area (Å²) in [5, 5.41) is 5.59. The Morgan fingerprint density at radius 3 is 2.31 bits per heavy atom. The molecule has 0 radical (unpaired) electrons. The van der Waals surface area contributed by atoms with Crippen LogP contribution in [0.1, 0.15) is 52.1 Å². The van der Waals surface area contributed by atoms with Crippen molar-refractivity contribution < 1.29 is 14.3 Å². The van der Waals surface area contributed by atoms with E-state index in [4.69, 9.17) is 4.74 Å². The number of para-hydroxylation sites is 1. The molecule has 2 heterocycles. The van der Waals surface area contributed by atoms with Crippen molar-refractivity contribution in [2.75, 3.05) is 20.2 Å². The van der Waals surface area contributed by atoms with Gasteiger partial charge in [-0.3, -0.25) is 19.4 Å². The Morgan fingerprint density at radius 2 is 1.69 bits per heavy atom. The molecule has 0 aliphatic carbocycles. The molecule has 0 spiro atoms. The summed E-state index contributed by atoms with van der Waals surface area (Å²) in [6.07, 6.45) is 7.75. The summed E-state index contributed by atoms with van der Waals surface area (Å²) < 4.78 is 7.10. The number of methoxy groups -OCH3 is 1. The van der Waals surface area contributed by atoms with Crippen LogP contribution in [-0.4, -0.2) is 41.6 Å². The minimum atomic E-state index is -0.595. The molecule has 8 nitrogen and oxygen atoms in total. The number of nitrogens with zero attached hydrogens (tertiary/aromatic N) is 2. The zero-order valence-electron chi connectivity index (χ0n) is 20.4. The van der Waals surface area contributed by atoms with E-state index in [-0.39, 0.29) is 11.1 Å². The third-order valence-corrected chi connectivity index (χ3v) is 5.54. The van der Waals surface area contributed by atoms with Gasteiger partial charge in [0.05, 0.1) is 13.7 Å². The highest BCUT2D eigenvalue weighted by Crippen LogP contribution is 2.18. The van der Waals surface area contributed by atoms with Gasteiger partial charge in [-0.25, -0.2) is 0 Å². The molecule has 0 fully saturated rings. The fourth-order valence-corrected chi connectivity index (χ4v) is 3.61. The number of rotatable bonds is 11. The van der Waals surface area contributed by atoms with Gasteiger partial charge in [-0.1, -0.05) is 38.1 Å². The Labute approximate surface area is 205 Å². The number of hydrogen-bond acceptors (Lipinski definition) is 5. The normalized spacial score (nSPS) is 10.7. The van der Waals surface area contributed by atoms with Crippen LogP contribution in [0.5, 0.6) is 5.75 Å². The van der Waals surface area contributed by atoms with Crippen molar-refractivity contribution in [2.45, 2.75) is 33.2 Å². The maximum atomic E-state index is 13.1. The van der Waals surface area contributed by atoms with Gasteiger partial charge in [-0.2, -0.15) is 0 Å². The molecular formula is C27H32N4O4. The predicted molar refractivity (Wildman–Crippen MR) is 135 cm³/mol. The van der Waals surface area contributed by atoms with E-state index in [0.717, 1.165) is 17.5 Å². The SMILES string of the molecule is COc1ccccc1Cn1cc(C(=O)NCCc2cccnc2)c(=O)c(C(=O)NCCC(C)C)c1. The maximum Gasteiger partial charge on any atom is 0.256 e. The van der Waals surface area contributed by atoms with Gasteiger partial charge >= 0.3 is 0 Å². The Morgan fingerprint density at radius 1 is 1.00 bits per heavy atom. The second kappa shape index (κ2) is 12.5. The van der Waals surface area contributed by atoms with Crippen LogP contribution < -0.4 is 20.8 Å². The number of hydrogen-bond donors (Lipinski definition) is 2. The van der Waals surface area contributed by atoms with E-state index in [9.17, 15) is 14.4 Å². The van der Waals surface area contributed by atoms with Crippen LogP contribution in [0.3, 0.4) is 0 Å². The van der Waals surface area contributed by atoms with E-state index in [1.54, 1.807) is 24.1 Å². The van der Waals surface area contributed by atoms with Gasteiger partial charge in [-0.15, -0.1) is 0 Å². The van der Waals surface area contributed by atoms with Crippen molar-refractivity contribution >= 4 is 11.8 Å². The highest BCUT2D eigenvalue weighted by molar-refractivity contribution is 5.99. The van der Waals surface area contributed by atoms with Crippen molar-refractivity contribution in [3.05, 3.63) is 93.7 Å². The second-order valence-electron chi connectivity index (χ2n) is 8.70. The molecule has 0 saturated carbocycles. The molecule has 3 aromatic rings. The number of nitrogens with one attached hydrogen (secondary N) is 2. The molecule has 2 amide bonds. The van der Waals surface area contributed by atoms with E-state index in [0.29, 0.717) is 37.7 Å². The second-order valence-corrected chi connectivity index (χ2v) is 8.70. The molecule has 2 aromatic heterocycles. The number of benzene rings is 1. The summed E-state index contributed by atoms with van der Waals surface area (Å²) in [4.78, 5) is 43.0. The van der Waals surface area contributed by atoms with Crippen molar-refractivity contribution in [3.63, 3.8) is 0 Å². The number of carbonyl (C=O) groups is 2. The van der Waals surface area contributed by atoms with Gasteiger partial charge in [-0.05, 0) is 36.5 Å². The summed E-state index contributed by atoms with van der Waals surface area (Å²) in [6.45, 7) is 5.23. The summed E-state index contributed by atoms with van der Waals surface area (Å²) in [6, 6.07) is 11.2. The summed E-state index contributed by atoms with van der Waals surface area (Å²) in [5.74, 6) is 0.0740. The van der Waals surface area contributed by atoms with Crippen molar-refractivity contribution in [1.82, 2.24) is 20.2 Å². The first-order valence-corrected chi connectivity index (χ1v) is 11.7. The molecule has 1 aromatic carbocycles. The molecule has 0 atom stereocenters. The first-order valence-electron chi connectivity index (χ1n) is 11.7. The number of ether oxygens (including phenoxy) is 1. The fraction of sp³-hybridized carbons (Fsp3) is 0.333. The molecular weight excluding hydrogens is 444 g/mol. The van der Waals surface area contributed by atoms with Crippen molar-refractivity contribution in [2.24, 2.45) is 5.92 Å². The van der Waals surface area contributed by atoms with Crippen LogP contribution in [-0.2, 0) is 13.0 Å². The lowest BCUT2D eigenvalue weighted by atomic mass is 10.1. The van der Waals surface area contributed by atoms with Crippen LogP contribution in [0.15, 0.2) is 66.0 Å². The van der Waals surface area contributed by atoms with E-state index < -0.39 is 17.2 Å².